The van der Waals surface area contributed by atoms with Gasteiger partial charge in [-0.3, -0.25) is 25.0 Å². The Bertz CT molecular complexity index is 1500. The lowest BCUT2D eigenvalue weighted by Crippen LogP contribution is -2.45. The first kappa shape index (κ1) is 31.4. The SMILES string of the molecule is CC(C)(C)OC(=O)Nc1cccc(OCCOCCOCCNc2cccc3cnn(C4CCC(=O)NC4=O)c(=O)c23)c1. The summed E-state index contributed by atoms with van der Waals surface area (Å²) in [6, 6.07) is 11.5. The first-order valence-electron chi connectivity index (χ1n) is 14.1. The minimum absolute atomic E-state index is 0.152. The molecule has 1 saturated heterocycles. The fourth-order valence-electron chi connectivity index (χ4n) is 4.38. The summed E-state index contributed by atoms with van der Waals surface area (Å²) < 4.78 is 23.3. The number of benzene rings is 2. The Morgan fingerprint density at radius 3 is 2.53 bits per heavy atom. The molecule has 2 aromatic carbocycles. The van der Waals surface area contributed by atoms with Crippen molar-refractivity contribution in [2.75, 3.05) is 50.2 Å². The van der Waals surface area contributed by atoms with Gasteiger partial charge in [0.15, 0.2) is 0 Å². The lowest BCUT2D eigenvalue weighted by molar-refractivity contribution is -0.136. The molecule has 13 nitrogen and oxygen atoms in total. The van der Waals surface area contributed by atoms with E-state index in [1.165, 1.54) is 0 Å². The van der Waals surface area contributed by atoms with E-state index in [9.17, 15) is 19.2 Å². The molecule has 0 saturated carbocycles. The third-order valence-corrected chi connectivity index (χ3v) is 6.25. The zero-order valence-electron chi connectivity index (χ0n) is 24.5. The van der Waals surface area contributed by atoms with Gasteiger partial charge in [0, 0.05) is 35.8 Å². The second-order valence-electron chi connectivity index (χ2n) is 10.8. The zero-order valence-corrected chi connectivity index (χ0v) is 24.5. The van der Waals surface area contributed by atoms with Crippen molar-refractivity contribution in [1.29, 1.82) is 0 Å². The maximum Gasteiger partial charge on any atom is 0.412 e. The van der Waals surface area contributed by atoms with Crippen molar-refractivity contribution in [3.8, 4) is 5.75 Å². The van der Waals surface area contributed by atoms with E-state index in [2.05, 4.69) is 21.0 Å². The van der Waals surface area contributed by atoms with Gasteiger partial charge in [0.1, 0.15) is 24.0 Å². The molecular formula is C30H37N5O8. The van der Waals surface area contributed by atoms with Crippen LogP contribution in [0.5, 0.6) is 5.75 Å². The Morgan fingerprint density at radius 1 is 1.02 bits per heavy atom. The van der Waals surface area contributed by atoms with Gasteiger partial charge in [-0.1, -0.05) is 18.2 Å². The summed E-state index contributed by atoms with van der Waals surface area (Å²) in [5, 5.41) is 13.4. The van der Waals surface area contributed by atoms with Crippen LogP contribution in [-0.4, -0.2) is 72.9 Å². The van der Waals surface area contributed by atoms with Crippen molar-refractivity contribution in [2.24, 2.45) is 0 Å². The van der Waals surface area contributed by atoms with Crippen molar-refractivity contribution < 1.29 is 33.3 Å². The summed E-state index contributed by atoms with van der Waals surface area (Å²) in [4.78, 5) is 49.0. The van der Waals surface area contributed by atoms with E-state index in [1.54, 1.807) is 63.4 Å². The molecule has 4 rings (SSSR count). The molecule has 13 heteroatoms. The fourth-order valence-corrected chi connectivity index (χ4v) is 4.38. The molecule has 0 radical (unpaired) electrons. The molecule has 3 amide bonds. The minimum atomic E-state index is -0.831. The summed E-state index contributed by atoms with van der Waals surface area (Å²) in [7, 11) is 0. The van der Waals surface area contributed by atoms with Crippen LogP contribution in [0, 0.1) is 0 Å². The number of amides is 3. The van der Waals surface area contributed by atoms with Crippen molar-refractivity contribution in [2.45, 2.75) is 45.3 Å². The maximum atomic E-state index is 13.2. The van der Waals surface area contributed by atoms with E-state index in [0.29, 0.717) is 67.5 Å². The van der Waals surface area contributed by atoms with Gasteiger partial charge in [-0.25, -0.2) is 9.48 Å². The van der Waals surface area contributed by atoms with Gasteiger partial charge in [-0.05, 0) is 45.4 Å². The van der Waals surface area contributed by atoms with Crippen molar-refractivity contribution in [3.63, 3.8) is 0 Å². The van der Waals surface area contributed by atoms with Crippen LogP contribution in [-0.2, 0) is 23.8 Å². The van der Waals surface area contributed by atoms with Crippen LogP contribution in [0.1, 0.15) is 39.7 Å². The van der Waals surface area contributed by atoms with Crippen LogP contribution in [0.3, 0.4) is 0 Å². The topological polar surface area (TPSA) is 159 Å². The largest absolute Gasteiger partial charge is 0.491 e. The summed E-state index contributed by atoms with van der Waals surface area (Å²) >= 11 is 0. The number of ether oxygens (including phenoxy) is 4. The molecule has 3 N–H and O–H groups in total. The third-order valence-electron chi connectivity index (χ3n) is 6.25. The molecule has 0 bridgehead atoms. The van der Waals surface area contributed by atoms with Crippen LogP contribution in [0.15, 0.2) is 53.5 Å². The summed E-state index contributed by atoms with van der Waals surface area (Å²) in [6.45, 7) is 7.63. The molecule has 1 fully saturated rings. The molecule has 3 aromatic rings. The molecule has 1 aromatic heterocycles. The first-order chi connectivity index (χ1) is 20.6. The first-order valence-corrected chi connectivity index (χ1v) is 14.1. The second kappa shape index (κ2) is 14.6. The number of rotatable bonds is 13. The molecule has 2 heterocycles. The van der Waals surface area contributed by atoms with Crippen LogP contribution in [0.4, 0.5) is 16.2 Å². The van der Waals surface area contributed by atoms with Gasteiger partial charge in [-0.15, -0.1) is 0 Å². The Kier molecular flexibility index (Phi) is 10.7. The minimum Gasteiger partial charge on any atom is -0.491 e. The number of hydrogen-bond acceptors (Lipinski definition) is 10. The number of nitrogens with one attached hydrogen (secondary N) is 3. The molecular weight excluding hydrogens is 558 g/mol. The fraction of sp³-hybridized carbons (Fsp3) is 0.433. The maximum absolute atomic E-state index is 13.2. The number of carbonyl (C=O) groups excluding carboxylic acids is 3. The number of anilines is 2. The molecule has 1 aliphatic heterocycles. The van der Waals surface area contributed by atoms with Crippen LogP contribution in [0.2, 0.25) is 0 Å². The number of aromatic nitrogens is 2. The monoisotopic (exact) mass is 595 g/mol. The number of nitrogens with zero attached hydrogens (tertiary/aromatic N) is 2. The van der Waals surface area contributed by atoms with E-state index in [0.717, 1.165) is 4.68 Å². The molecule has 0 spiro atoms. The molecule has 1 aliphatic rings. The molecule has 0 aliphatic carbocycles. The lowest BCUT2D eigenvalue weighted by atomic mass is 10.1. The van der Waals surface area contributed by atoms with E-state index in [1.807, 2.05) is 6.07 Å². The standard InChI is InChI=1S/C30H37N5O8/c1-30(2,3)43-29(39)33-21-7-5-8-22(18-21)42-17-16-41-15-14-40-13-12-31-23-9-4-6-20-19-32-35(28(38)26(20)23)24-10-11-25(36)34-27(24)37/h4-9,18-19,24,31H,10-17H2,1-3H3,(H,33,39)(H,34,36,37). The van der Waals surface area contributed by atoms with Gasteiger partial charge in [-0.2, -0.15) is 5.10 Å². The smallest absolute Gasteiger partial charge is 0.412 e. The van der Waals surface area contributed by atoms with Crippen molar-refractivity contribution in [1.82, 2.24) is 15.1 Å². The van der Waals surface area contributed by atoms with Crippen molar-refractivity contribution >= 4 is 40.1 Å². The highest BCUT2D eigenvalue weighted by atomic mass is 16.6. The molecule has 43 heavy (non-hydrogen) atoms. The average Bonchev–Trinajstić information content (AvgIpc) is 2.94. The molecule has 1 atom stereocenters. The van der Waals surface area contributed by atoms with E-state index < -0.39 is 29.2 Å². The Morgan fingerprint density at radius 2 is 1.77 bits per heavy atom. The van der Waals surface area contributed by atoms with Gasteiger partial charge >= 0.3 is 6.09 Å². The Labute approximate surface area is 248 Å². The summed E-state index contributed by atoms with van der Waals surface area (Å²) in [6.07, 6.45) is 1.38. The van der Waals surface area contributed by atoms with Gasteiger partial charge < -0.3 is 24.3 Å². The number of carbonyl (C=O) groups is 3. The average molecular weight is 596 g/mol. The third kappa shape index (κ3) is 9.25. The number of fused-ring (bicyclic) bond motifs is 1. The highest BCUT2D eigenvalue weighted by Crippen LogP contribution is 2.22. The summed E-state index contributed by atoms with van der Waals surface area (Å²) in [5.74, 6) is -0.291. The van der Waals surface area contributed by atoms with Gasteiger partial charge in [0.25, 0.3) is 11.5 Å². The van der Waals surface area contributed by atoms with E-state index >= 15 is 0 Å². The number of imide groups is 1. The predicted molar refractivity (Wildman–Crippen MR) is 159 cm³/mol. The highest BCUT2D eigenvalue weighted by molar-refractivity contribution is 5.99. The summed E-state index contributed by atoms with van der Waals surface area (Å²) in [5.41, 5.74) is 0.178. The predicted octanol–water partition coefficient (Wildman–Crippen LogP) is 3.25. The lowest BCUT2D eigenvalue weighted by Gasteiger charge is -2.22. The quantitative estimate of drug-likeness (QED) is 0.198. The van der Waals surface area contributed by atoms with Crippen LogP contribution in [0.25, 0.3) is 10.8 Å². The second-order valence-corrected chi connectivity index (χ2v) is 10.8. The van der Waals surface area contributed by atoms with Crippen molar-refractivity contribution in [3.05, 3.63) is 59.0 Å². The Balaban J connectivity index is 1.15. The highest BCUT2D eigenvalue weighted by Gasteiger charge is 2.30. The number of piperidine rings is 1. The molecule has 230 valence electrons. The van der Waals surface area contributed by atoms with Gasteiger partial charge in [0.05, 0.1) is 38.0 Å². The van der Waals surface area contributed by atoms with Crippen LogP contribution < -0.4 is 26.2 Å². The zero-order chi connectivity index (χ0) is 30.8. The molecule has 1 unspecified atom stereocenters. The number of hydrogen-bond donors (Lipinski definition) is 3. The Hall–Kier alpha value is -4.49. The normalized spacial score (nSPS) is 15.2. The van der Waals surface area contributed by atoms with E-state index in [-0.39, 0.29) is 18.7 Å². The van der Waals surface area contributed by atoms with Crippen LogP contribution >= 0.6 is 0 Å². The van der Waals surface area contributed by atoms with Gasteiger partial charge in [0.2, 0.25) is 5.91 Å². The van der Waals surface area contributed by atoms with E-state index in [4.69, 9.17) is 18.9 Å².